The number of rotatable bonds is 8. The number of carboxylic acid groups (broad SMARTS) is 2. The standard InChI is InChI=1S/C19H23N3O6/c1-19(2,18(25)26)11-21-10-14(12-5-7-13(8-6-12)22(27)28)15(9-20(3)4)16(21)17(23)24/h5-8,10H,9,11H2,1-4H3,(H,23,24)(H,25,26). The summed E-state index contributed by atoms with van der Waals surface area (Å²) in [5, 5.41) is 30.1. The van der Waals surface area contributed by atoms with Crippen LogP contribution in [0, 0.1) is 15.5 Å². The Balaban J connectivity index is 2.66. The molecule has 0 spiro atoms. The lowest BCUT2D eigenvalue weighted by molar-refractivity contribution is -0.384. The molecule has 9 heteroatoms. The molecule has 0 unspecified atom stereocenters. The number of aromatic carboxylic acids is 1. The van der Waals surface area contributed by atoms with E-state index in [1.54, 1.807) is 32.4 Å². The number of aliphatic carboxylic acids is 1. The molecule has 1 aromatic heterocycles. The summed E-state index contributed by atoms with van der Waals surface area (Å²) in [4.78, 5) is 35.7. The molecular weight excluding hydrogens is 366 g/mol. The number of hydrogen-bond donors (Lipinski definition) is 2. The van der Waals surface area contributed by atoms with Gasteiger partial charge in [0.1, 0.15) is 5.69 Å². The quantitative estimate of drug-likeness (QED) is 0.525. The van der Waals surface area contributed by atoms with E-state index < -0.39 is 22.3 Å². The molecule has 0 bridgehead atoms. The molecule has 0 amide bonds. The van der Waals surface area contributed by atoms with Gasteiger partial charge in [0.05, 0.1) is 10.3 Å². The van der Waals surface area contributed by atoms with Crippen molar-refractivity contribution in [2.75, 3.05) is 14.1 Å². The van der Waals surface area contributed by atoms with Crippen molar-refractivity contribution in [3.05, 3.63) is 51.8 Å². The third-order valence-corrected chi connectivity index (χ3v) is 4.39. The fraction of sp³-hybridized carbons (Fsp3) is 0.368. The molecule has 2 rings (SSSR count). The molecule has 150 valence electrons. The van der Waals surface area contributed by atoms with E-state index in [0.29, 0.717) is 23.2 Å². The van der Waals surface area contributed by atoms with Crippen LogP contribution in [0.1, 0.15) is 29.9 Å². The van der Waals surface area contributed by atoms with E-state index in [9.17, 15) is 29.9 Å². The van der Waals surface area contributed by atoms with Crippen molar-refractivity contribution < 1.29 is 24.7 Å². The molecule has 0 aliphatic heterocycles. The first-order chi connectivity index (χ1) is 12.9. The van der Waals surface area contributed by atoms with Crippen LogP contribution < -0.4 is 0 Å². The largest absolute Gasteiger partial charge is 0.481 e. The molecule has 2 N–H and O–H groups in total. The molecule has 1 heterocycles. The predicted octanol–water partition coefficient (Wildman–Crippen LogP) is 2.93. The molecule has 0 fully saturated rings. The summed E-state index contributed by atoms with van der Waals surface area (Å²) in [6.45, 7) is 3.34. The highest BCUT2D eigenvalue weighted by atomic mass is 16.6. The summed E-state index contributed by atoms with van der Waals surface area (Å²) in [6, 6.07) is 5.83. The summed E-state index contributed by atoms with van der Waals surface area (Å²) in [7, 11) is 3.59. The van der Waals surface area contributed by atoms with E-state index in [0.717, 1.165) is 0 Å². The first kappa shape index (κ1) is 21.1. The van der Waals surface area contributed by atoms with Gasteiger partial charge < -0.3 is 19.7 Å². The highest BCUT2D eigenvalue weighted by molar-refractivity contribution is 5.91. The van der Waals surface area contributed by atoms with Crippen LogP contribution >= 0.6 is 0 Å². The van der Waals surface area contributed by atoms with E-state index in [1.165, 1.54) is 30.5 Å². The second kappa shape index (κ2) is 7.81. The lowest BCUT2D eigenvalue weighted by Crippen LogP contribution is -2.30. The highest BCUT2D eigenvalue weighted by Crippen LogP contribution is 2.32. The number of nitro benzene ring substituents is 1. The van der Waals surface area contributed by atoms with Gasteiger partial charge in [-0.1, -0.05) is 0 Å². The van der Waals surface area contributed by atoms with E-state index in [1.807, 2.05) is 4.90 Å². The maximum atomic E-state index is 12.0. The van der Waals surface area contributed by atoms with Crippen molar-refractivity contribution in [2.45, 2.75) is 26.9 Å². The monoisotopic (exact) mass is 389 g/mol. The van der Waals surface area contributed by atoms with Gasteiger partial charge in [-0.05, 0) is 45.6 Å². The minimum absolute atomic E-state index is 0.0105. The van der Waals surface area contributed by atoms with Crippen LogP contribution in [0.25, 0.3) is 11.1 Å². The van der Waals surface area contributed by atoms with Crippen molar-refractivity contribution in [3.63, 3.8) is 0 Å². The summed E-state index contributed by atoms with van der Waals surface area (Å²) >= 11 is 0. The minimum Gasteiger partial charge on any atom is -0.481 e. The highest BCUT2D eigenvalue weighted by Gasteiger charge is 2.31. The average Bonchev–Trinajstić information content (AvgIpc) is 2.91. The first-order valence-electron chi connectivity index (χ1n) is 8.52. The predicted molar refractivity (Wildman–Crippen MR) is 102 cm³/mol. The Bertz CT molecular complexity index is 912. The number of nitrogens with zero attached hydrogens (tertiary/aromatic N) is 3. The van der Waals surface area contributed by atoms with Crippen LogP contribution in [0.2, 0.25) is 0 Å². The molecule has 0 saturated heterocycles. The van der Waals surface area contributed by atoms with Crippen LogP contribution in [0.4, 0.5) is 5.69 Å². The topological polar surface area (TPSA) is 126 Å². The molecule has 0 atom stereocenters. The van der Waals surface area contributed by atoms with Crippen LogP contribution in [0.3, 0.4) is 0 Å². The molecule has 0 aliphatic rings. The third-order valence-electron chi connectivity index (χ3n) is 4.39. The van der Waals surface area contributed by atoms with Gasteiger partial charge in [-0.3, -0.25) is 14.9 Å². The zero-order chi connectivity index (χ0) is 21.2. The summed E-state index contributed by atoms with van der Waals surface area (Å²) in [5.74, 6) is -2.20. The van der Waals surface area contributed by atoms with Crippen LogP contribution in [-0.4, -0.2) is 50.6 Å². The SMILES string of the molecule is CN(C)Cc1c(-c2ccc([N+](=O)[O-])cc2)cn(CC(C)(C)C(=O)O)c1C(=O)O. The fourth-order valence-electron chi connectivity index (χ4n) is 2.96. The molecule has 28 heavy (non-hydrogen) atoms. The van der Waals surface area contributed by atoms with E-state index in [4.69, 9.17) is 0 Å². The molecule has 2 aromatic rings. The second-order valence-electron chi connectivity index (χ2n) is 7.53. The number of hydrogen-bond acceptors (Lipinski definition) is 5. The van der Waals surface area contributed by atoms with Crippen molar-refractivity contribution in [2.24, 2.45) is 5.41 Å². The van der Waals surface area contributed by atoms with Crippen molar-refractivity contribution >= 4 is 17.6 Å². The first-order valence-corrected chi connectivity index (χ1v) is 8.52. The van der Waals surface area contributed by atoms with E-state index >= 15 is 0 Å². The maximum Gasteiger partial charge on any atom is 0.352 e. The molecule has 0 saturated carbocycles. The average molecular weight is 389 g/mol. The van der Waals surface area contributed by atoms with Gasteiger partial charge in [0, 0.05) is 42.5 Å². The number of non-ortho nitro benzene ring substituents is 1. The van der Waals surface area contributed by atoms with Crippen molar-refractivity contribution in [1.29, 1.82) is 0 Å². The minimum atomic E-state index is -1.18. The van der Waals surface area contributed by atoms with Gasteiger partial charge in [0.2, 0.25) is 0 Å². The summed E-state index contributed by atoms with van der Waals surface area (Å²) < 4.78 is 1.44. The molecule has 9 nitrogen and oxygen atoms in total. The van der Waals surface area contributed by atoms with E-state index in [2.05, 4.69) is 0 Å². The van der Waals surface area contributed by atoms with Crippen LogP contribution in [0.5, 0.6) is 0 Å². The normalized spacial score (nSPS) is 11.6. The second-order valence-corrected chi connectivity index (χ2v) is 7.53. The van der Waals surface area contributed by atoms with Gasteiger partial charge in [0.25, 0.3) is 5.69 Å². The Morgan fingerprint density at radius 1 is 1.18 bits per heavy atom. The van der Waals surface area contributed by atoms with Gasteiger partial charge >= 0.3 is 11.9 Å². The Morgan fingerprint density at radius 2 is 1.75 bits per heavy atom. The molecule has 0 radical (unpaired) electrons. The Kier molecular flexibility index (Phi) is 5.89. The Morgan fingerprint density at radius 3 is 2.18 bits per heavy atom. The lowest BCUT2D eigenvalue weighted by atomic mass is 9.93. The number of benzene rings is 1. The van der Waals surface area contributed by atoms with Gasteiger partial charge in [-0.2, -0.15) is 0 Å². The third kappa shape index (κ3) is 4.37. The van der Waals surface area contributed by atoms with Gasteiger partial charge in [-0.15, -0.1) is 0 Å². The lowest BCUT2D eigenvalue weighted by Gasteiger charge is -2.21. The Hall–Kier alpha value is -3.20. The van der Waals surface area contributed by atoms with Crippen LogP contribution in [-0.2, 0) is 17.9 Å². The van der Waals surface area contributed by atoms with Gasteiger partial charge in [-0.25, -0.2) is 4.79 Å². The number of carbonyl (C=O) groups is 2. The van der Waals surface area contributed by atoms with E-state index in [-0.39, 0.29) is 17.9 Å². The fourth-order valence-corrected chi connectivity index (χ4v) is 2.96. The van der Waals surface area contributed by atoms with Crippen molar-refractivity contribution in [3.8, 4) is 11.1 Å². The smallest absolute Gasteiger partial charge is 0.352 e. The van der Waals surface area contributed by atoms with Crippen molar-refractivity contribution in [1.82, 2.24) is 9.47 Å². The number of nitro groups is 1. The Labute approximate surface area is 162 Å². The number of carboxylic acids is 2. The zero-order valence-corrected chi connectivity index (χ0v) is 16.2. The van der Waals surface area contributed by atoms with Gasteiger partial charge in [0.15, 0.2) is 0 Å². The summed E-state index contributed by atoms with van der Waals surface area (Å²) in [5.41, 5.74) is 0.511. The maximum absolute atomic E-state index is 12.0. The number of aromatic nitrogens is 1. The summed E-state index contributed by atoms with van der Waals surface area (Å²) in [6.07, 6.45) is 1.61. The van der Waals surface area contributed by atoms with Crippen LogP contribution in [0.15, 0.2) is 30.5 Å². The molecule has 1 aromatic carbocycles. The molecular formula is C19H23N3O6. The molecule has 0 aliphatic carbocycles. The zero-order valence-electron chi connectivity index (χ0n) is 16.2.